The standard InChI is InChI=1S/C24H32N4O4/c1-2-32-24-21(7-8-22(27-24)28-9-11-31-12-10-28)23(30)26-16-20(29)15-25-19-13-17-5-3-4-6-18(17)14-19/h3-8,19-20,25,29H,2,9-16H2,1H3,(H,26,30)/t20-/m0/s1. The number of hydrogen-bond acceptors (Lipinski definition) is 7. The average Bonchev–Trinajstić information content (AvgIpc) is 3.25. The van der Waals surface area contributed by atoms with Crippen molar-refractivity contribution >= 4 is 11.7 Å². The van der Waals surface area contributed by atoms with Crippen LogP contribution >= 0.6 is 0 Å². The number of fused-ring (bicyclic) bond motifs is 1. The molecule has 2 heterocycles. The van der Waals surface area contributed by atoms with Gasteiger partial charge in [-0.25, -0.2) is 0 Å². The Morgan fingerprint density at radius 3 is 2.59 bits per heavy atom. The van der Waals surface area contributed by atoms with Crippen LogP contribution in [0.25, 0.3) is 0 Å². The van der Waals surface area contributed by atoms with Gasteiger partial charge >= 0.3 is 0 Å². The van der Waals surface area contributed by atoms with Gasteiger partial charge in [0.15, 0.2) is 0 Å². The molecule has 1 aromatic heterocycles. The number of ether oxygens (including phenoxy) is 2. The smallest absolute Gasteiger partial charge is 0.256 e. The number of nitrogens with zero attached hydrogens (tertiary/aromatic N) is 2. The molecule has 0 saturated carbocycles. The summed E-state index contributed by atoms with van der Waals surface area (Å²) in [5.41, 5.74) is 3.10. The summed E-state index contributed by atoms with van der Waals surface area (Å²) in [5, 5.41) is 16.6. The van der Waals surface area contributed by atoms with Crippen LogP contribution in [0.15, 0.2) is 36.4 Å². The van der Waals surface area contributed by atoms with Crippen molar-refractivity contribution in [2.75, 3.05) is 50.9 Å². The summed E-state index contributed by atoms with van der Waals surface area (Å²) >= 11 is 0. The Balaban J connectivity index is 1.28. The lowest BCUT2D eigenvalue weighted by Crippen LogP contribution is -2.42. The lowest BCUT2D eigenvalue weighted by Gasteiger charge is -2.28. The fourth-order valence-electron chi connectivity index (χ4n) is 4.20. The number of carbonyl (C=O) groups excluding carboxylic acids is 1. The summed E-state index contributed by atoms with van der Waals surface area (Å²) in [4.78, 5) is 19.4. The summed E-state index contributed by atoms with van der Waals surface area (Å²) < 4.78 is 11.0. The second-order valence-electron chi connectivity index (χ2n) is 8.20. The third-order valence-corrected chi connectivity index (χ3v) is 5.90. The maximum Gasteiger partial charge on any atom is 0.256 e. The topological polar surface area (TPSA) is 96.0 Å². The van der Waals surface area contributed by atoms with Crippen LogP contribution < -0.4 is 20.3 Å². The second kappa shape index (κ2) is 10.8. The Morgan fingerprint density at radius 1 is 1.19 bits per heavy atom. The van der Waals surface area contributed by atoms with Crippen molar-refractivity contribution in [3.8, 4) is 5.88 Å². The highest BCUT2D eigenvalue weighted by atomic mass is 16.5. The zero-order valence-electron chi connectivity index (χ0n) is 18.5. The summed E-state index contributed by atoms with van der Waals surface area (Å²) in [7, 11) is 0. The number of aliphatic hydroxyl groups excluding tert-OH is 1. The summed E-state index contributed by atoms with van der Waals surface area (Å²) in [6.45, 7) is 5.69. The van der Waals surface area contributed by atoms with Gasteiger partial charge in [0, 0.05) is 32.2 Å². The van der Waals surface area contributed by atoms with Crippen LogP contribution in [-0.4, -0.2) is 74.1 Å². The number of aromatic nitrogens is 1. The van der Waals surface area contributed by atoms with E-state index >= 15 is 0 Å². The fourth-order valence-corrected chi connectivity index (χ4v) is 4.20. The molecule has 0 bridgehead atoms. The normalized spacial score (nSPS) is 17.1. The number of rotatable bonds is 9. The lowest BCUT2D eigenvalue weighted by molar-refractivity contribution is 0.0909. The third kappa shape index (κ3) is 5.56. The Kier molecular flexibility index (Phi) is 7.57. The Bertz CT molecular complexity index is 892. The molecule has 2 aromatic rings. The van der Waals surface area contributed by atoms with Crippen molar-refractivity contribution in [3.05, 3.63) is 53.1 Å². The highest BCUT2D eigenvalue weighted by molar-refractivity contribution is 5.96. The molecular formula is C24H32N4O4. The van der Waals surface area contributed by atoms with E-state index in [1.54, 1.807) is 6.07 Å². The number of morpholine rings is 1. The minimum atomic E-state index is -0.682. The van der Waals surface area contributed by atoms with Crippen molar-refractivity contribution in [1.82, 2.24) is 15.6 Å². The largest absolute Gasteiger partial charge is 0.477 e. The molecule has 0 spiro atoms. The van der Waals surface area contributed by atoms with Gasteiger partial charge in [0.2, 0.25) is 5.88 Å². The van der Waals surface area contributed by atoms with Crippen LogP contribution in [0.5, 0.6) is 5.88 Å². The van der Waals surface area contributed by atoms with E-state index in [1.165, 1.54) is 11.1 Å². The molecule has 32 heavy (non-hydrogen) atoms. The molecule has 1 fully saturated rings. The van der Waals surface area contributed by atoms with E-state index in [2.05, 4.69) is 44.8 Å². The quantitative estimate of drug-likeness (QED) is 0.539. The first-order valence-corrected chi connectivity index (χ1v) is 11.4. The van der Waals surface area contributed by atoms with Gasteiger partial charge in [-0.2, -0.15) is 4.98 Å². The third-order valence-electron chi connectivity index (χ3n) is 5.90. The molecule has 1 aromatic carbocycles. The molecule has 4 rings (SSSR count). The van der Waals surface area contributed by atoms with Gasteiger partial charge < -0.3 is 30.1 Å². The van der Waals surface area contributed by atoms with Crippen LogP contribution in [0.1, 0.15) is 28.4 Å². The van der Waals surface area contributed by atoms with Crippen LogP contribution in [0.3, 0.4) is 0 Å². The highest BCUT2D eigenvalue weighted by Gasteiger charge is 2.22. The SMILES string of the molecule is CCOc1nc(N2CCOCC2)ccc1C(=O)NC[C@@H](O)CNC1Cc2ccccc2C1. The molecule has 1 aliphatic heterocycles. The van der Waals surface area contributed by atoms with Gasteiger partial charge in [-0.05, 0) is 43.0 Å². The molecule has 1 saturated heterocycles. The van der Waals surface area contributed by atoms with Gasteiger partial charge in [-0.15, -0.1) is 0 Å². The van der Waals surface area contributed by atoms with Crippen molar-refractivity contribution in [1.29, 1.82) is 0 Å². The van der Waals surface area contributed by atoms with Crippen LogP contribution in [-0.2, 0) is 17.6 Å². The monoisotopic (exact) mass is 440 g/mol. The van der Waals surface area contributed by atoms with E-state index < -0.39 is 6.10 Å². The van der Waals surface area contributed by atoms with E-state index in [1.807, 2.05) is 13.0 Å². The number of pyridine rings is 1. The number of benzene rings is 1. The average molecular weight is 441 g/mol. The lowest BCUT2D eigenvalue weighted by atomic mass is 10.1. The molecule has 172 valence electrons. The van der Waals surface area contributed by atoms with E-state index in [0.29, 0.717) is 43.9 Å². The molecule has 0 unspecified atom stereocenters. The zero-order valence-corrected chi connectivity index (χ0v) is 18.5. The predicted molar refractivity (Wildman–Crippen MR) is 122 cm³/mol. The number of amides is 1. The first kappa shape index (κ1) is 22.5. The Hall–Kier alpha value is -2.68. The molecule has 8 heteroatoms. The van der Waals surface area contributed by atoms with Crippen molar-refractivity contribution in [2.24, 2.45) is 0 Å². The minimum Gasteiger partial charge on any atom is -0.477 e. The number of carbonyl (C=O) groups is 1. The Labute approximate surface area is 188 Å². The second-order valence-corrected chi connectivity index (χ2v) is 8.20. The maximum atomic E-state index is 12.7. The molecule has 0 radical (unpaired) electrons. The first-order valence-electron chi connectivity index (χ1n) is 11.4. The minimum absolute atomic E-state index is 0.155. The Morgan fingerprint density at radius 2 is 1.91 bits per heavy atom. The van der Waals surface area contributed by atoms with E-state index in [9.17, 15) is 9.90 Å². The molecule has 3 N–H and O–H groups in total. The number of aliphatic hydroxyl groups is 1. The molecular weight excluding hydrogens is 408 g/mol. The van der Waals surface area contributed by atoms with Crippen LogP contribution in [0.2, 0.25) is 0 Å². The summed E-state index contributed by atoms with van der Waals surface area (Å²) in [6.07, 6.45) is 1.25. The van der Waals surface area contributed by atoms with Gasteiger partial charge in [0.25, 0.3) is 5.91 Å². The molecule has 8 nitrogen and oxygen atoms in total. The number of nitrogens with one attached hydrogen (secondary N) is 2. The number of anilines is 1. The highest BCUT2D eigenvalue weighted by Crippen LogP contribution is 2.23. The molecule has 1 aliphatic carbocycles. The molecule has 2 aliphatic rings. The summed E-state index contributed by atoms with van der Waals surface area (Å²) in [5.74, 6) is 0.780. The predicted octanol–water partition coefficient (Wildman–Crippen LogP) is 1.16. The number of hydrogen-bond donors (Lipinski definition) is 3. The zero-order chi connectivity index (χ0) is 22.3. The van der Waals surface area contributed by atoms with Crippen molar-refractivity contribution < 1.29 is 19.4 Å². The van der Waals surface area contributed by atoms with E-state index in [4.69, 9.17) is 9.47 Å². The van der Waals surface area contributed by atoms with Gasteiger partial charge in [0.1, 0.15) is 11.4 Å². The van der Waals surface area contributed by atoms with Crippen molar-refractivity contribution in [3.63, 3.8) is 0 Å². The fraction of sp³-hybridized carbons (Fsp3) is 0.500. The first-order chi connectivity index (χ1) is 15.6. The maximum absolute atomic E-state index is 12.7. The van der Waals surface area contributed by atoms with Gasteiger partial charge in [-0.1, -0.05) is 24.3 Å². The van der Waals surface area contributed by atoms with Gasteiger partial charge in [0.05, 0.1) is 25.9 Å². The van der Waals surface area contributed by atoms with E-state index in [-0.39, 0.29) is 12.5 Å². The van der Waals surface area contributed by atoms with E-state index in [0.717, 1.165) is 31.7 Å². The molecule has 1 amide bonds. The van der Waals surface area contributed by atoms with Crippen LogP contribution in [0, 0.1) is 0 Å². The van der Waals surface area contributed by atoms with Gasteiger partial charge in [-0.3, -0.25) is 4.79 Å². The van der Waals surface area contributed by atoms with Crippen LogP contribution in [0.4, 0.5) is 5.82 Å². The van der Waals surface area contributed by atoms with Crippen molar-refractivity contribution in [2.45, 2.75) is 31.9 Å². The summed E-state index contributed by atoms with van der Waals surface area (Å²) in [6, 6.07) is 12.3. The molecule has 1 atom stereocenters.